The minimum absolute atomic E-state index is 0.561. The van der Waals surface area contributed by atoms with Gasteiger partial charge in [0.15, 0.2) is 0 Å². The van der Waals surface area contributed by atoms with Crippen molar-refractivity contribution in [1.29, 1.82) is 0 Å². The Balaban J connectivity index is 2.85. The summed E-state index contributed by atoms with van der Waals surface area (Å²) < 4.78 is 37.7. The van der Waals surface area contributed by atoms with Gasteiger partial charge >= 0.3 is 6.18 Å². The Kier molecular flexibility index (Phi) is 2.74. The molecule has 0 heterocycles. The molecule has 0 aromatic carbocycles. The Bertz CT molecular complexity index is 211. The van der Waals surface area contributed by atoms with Crippen LogP contribution in [0.25, 0.3) is 0 Å². The number of allylic oxidation sites excluding steroid dienone is 2. The molecule has 0 atom stereocenters. The highest BCUT2D eigenvalue weighted by molar-refractivity contribution is 5.16. The van der Waals surface area contributed by atoms with Crippen molar-refractivity contribution in [3.8, 4) is 0 Å². The van der Waals surface area contributed by atoms with Crippen molar-refractivity contribution in [2.45, 2.75) is 45.7 Å². The molecular formula is C10H15F3. The number of rotatable bonds is 1. The van der Waals surface area contributed by atoms with Gasteiger partial charge in [-0.2, -0.15) is 13.2 Å². The molecule has 0 unspecified atom stereocenters. The van der Waals surface area contributed by atoms with Crippen LogP contribution in [0.5, 0.6) is 0 Å². The van der Waals surface area contributed by atoms with Gasteiger partial charge in [-0.15, -0.1) is 0 Å². The second-order valence-corrected chi connectivity index (χ2v) is 4.10. The molecule has 76 valence electrons. The summed E-state index contributed by atoms with van der Waals surface area (Å²) in [6, 6.07) is 0. The maximum absolute atomic E-state index is 12.6. The minimum atomic E-state index is -4.11. The van der Waals surface area contributed by atoms with E-state index in [9.17, 15) is 13.2 Å². The molecule has 0 aromatic heterocycles. The third-order valence-corrected chi connectivity index (χ3v) is 2.80. The van der Waals surface area contributed by atoms with Gasteiger partial charge in [-0.25, -0.2) is 0 Å². The topological polar surface area (TPSA) is 0 Å². The quantitative estimate of drug-likeness (QED) is 0.549. The van der Waals surface area contributed by atoms with Gasteiger partial charge in [0.2, 0.25) is 0 Å². The third kappa shape index (κ3) is 2.06. The van der Waals surface area contributed by atoms with Crippen molar-refractivity contribution in [3.63, 3.8) is 0 Å². The van der Waals surface area contributed by atoms with E-state index in [0.29, 0.717) is 12.0 Å². The number of hydrogen-bond acceptors (Lipinski definition) is 0. The first kappa shape index (κ1) is 10.6. The molecule has 0 saturated heterocycles. The smallest absolute Gasteiger partial charge is 0.170 e. The van der Waals surface area contributed by atoms with Crippen LogP contribution in [0.15, 0.2) is 11.6 Å². The highest BCUT2D eigenvalue weighted by Gasteiger charge is 2.49. The van der Waals surface area contributed by atoms with Gasteiger partial charge in [0.25, 0.3) is 0 Å². The van der Waals surface area contributed by atoms with Gasteiger partial charge in [0.05, 0.1) is 5.41 Å². The van der Waals surface area contributed by atoms with E-state index in [1.165, 1.54) is 13.8 Å². The lowest BCUT2D eigenvalue weighted by atomic mass is 9.78. The van der Waals surface area contributed by atoms with Crippen molar-refractivity contribution >= 4 is 0 Å². The maximum Gasteiger partial charge on any atom is 0.397 e. The van der Waals surface area contributed by atoms with Crippen LogP contribution in [0.1, 0.15) is 39.5 Å². The van der Waals surface area contributed by atoms with Gasteiger partial charge in [-0.1, -0.05) is 11.6 Å². The van der Waals surface area contributed by atoms with Crippen molar-refractivity contribution in [2.24, 2.45) is 5.41 Å². The van der Waals surface area contributed by atoms with Crippen LogP contribution in [0.2, 0.25) is 0 Å². The fourth-order valence-electron chi connectivity index (χ4n) is 1.59. The van der Waals surface area contributed by atoms with Crippen LogP contribution >= 0.6 is 0 Å². The predicted octanol–water partition coefficient (Wildman–Crippen LogP) is 4.08. The van der Waals surface area contributed by atoms with Crippen molar-refractivity contribution in [3.05, 3.63) is 11.6 Å². The summed E-state index contributed by atoms with van der Waals surface area (Å²) in [5, 5.41) is 0. The van der Waals surface area contributed by atoms with E-state index in [1.807, 2.05) is 0 Å². The van der Waals surface area contributed by atoms with Crippen LogP contribution in [-0.4, -0.2) is 6.18 Å². The summed E-state index contributed by atoms with van der Waals surface area (Å²) in [6.07, 6.45) is 0.970. The van der Waals surface area contributed by atoms with Crippen LogP contribution in [0.4, 0.5) is 13.2 Å². The van der Waals surface area contributed by atoms with Crippen LogP contribution in [0, 0.1) is 5.41 Å². The number of alkyl halides is 3. The van der Waals surface area contributed by atoms with Gasteiger partial charge in [-0.3, -0.25) is 0 Å². The predicted molar refractivity (Wildman–Crippen MR) is 46.4 cm³/mol. The van der Waals surface area contributed by atoms with E-state index in [-0.39, 0.29) is 0 Å². The first-order valence-corrected chi connectivity index (χ1v) is 4.62. The maximum atomic E-state index is 12.6. The molecule has 1 aliphatic rings. The molecule has 1 aliphatic carbocycles. The lowest BCUT2D eigenvalue weighted by Gasteiger charge is -2.32. The SMILES string of the molecule is CC(C)(C1=CCCCC1)C(F)(F)F. The highest BCUT2D eigenvalue weighted by Crippen LogP contribution is 2.46. The molecule has 0 N–H and O–H groups in total. The monoisotopic (exact) mass is 192 g/mol. The Morgan fingerprint density at radius 2 is 1.77 bits per heavy atom. The molecule has 0 saturated carbocycles. The van der Waals surface area contributed by atoms with Crippen LogP contribution < -0.4 is 0 Å². The Morgan fingerprint density at radius 1 is 1.15 bits per heavy atom. The van der Waals surface area contributed by atoms with Gasteiger partial charge < -0.3 is 0 Å². The normalized spacial score (nSPS) is 19.9. The van der Waals surface area contributed by atoms with Crippen molar-refractivity contribution < 1.29 is 13.2 Å². The van der Waals surface area contributed by atoms with Gasteiger partial charge in [0.1, 0.15) is 0 Å². The molecule has 0 nitrogen and oxygen atoms in total. The summed E-state index contributed by atoms with van der Waals surface area (Å²) in [6.45, 7) is 2.54. The van der Waals surface area contributed by atoms with Crippen molar-refractivity contribution in [1.82, 2.24) is 0 Å². The lowest BCUT2D eigenvalue weighted by Crippen LogP contribution is -2.34. The van der Waals surface area contributed by atoms with Crippen LogP contribution in [0.3, 0.4) is 0 Å². The molecule has 3 heteroatoms. The van der Waals surface area contributed by atoms with Crippen LogP contribution in [-0.2, 0) is 0 Å². The minimum Gasteiger partial charge on any atom is -0.170 e. The van der Waals surface area contributed by atoms with E-state index in [0.717, 1.165) is 19.3 Å². The lowest BCUT2D eigenvalue weighted by molar-refractivity contribution is -0.198. The fourth-order valence-corrected chi connectivity index (χ4v) is 1.59. The van der Waals surface area contributed by atoms with E-state index in [1.54, 1.807) is 6.08 Å². The number of halogens is 3. The first-order valence-electron chi connectivity index (χ1n) is 4.62. The molecule has 0 aromatic rings. The average Bonchev–Trinajstić information content (AvgIpc) is 2.04. The average molecular weight is 192 g/mol. The standard InChI is InChI=1S/C10H15F3/c1-9(2,10(11,12)13)8-6-4-3-5-7-8/h6H,3-5,7H2,1-2H3. The zero-order valence-electron chi connectivity index (χ0n) is 8.04. The molecule has 0 spiro atoms. The van der Waals surface area contributed by atoms with E-state index in [4.69, 9.17) is 0 Å². The molecular weight excluding hydrogens is 177 g/mol. The third-order valence-electron chi connectivity index (χ3n) is 2.80. The summed E-state index contributed by atoms with van der Waals surface area (Å²) >= 11 is 0. The van der Waals surface area contributed by atoms with E-state index in [2.05, 4.69) is 0 Å². The Labute approximate surface area is 76.8 Å². The van der Waals surface area contributed by atoms with Gasteiger partial charge in [-0.05, 0) is 39.5 Å². The highest BCUT2D eigenvalue weighted by atomic mass is 19.4. The summed E-state index contributed by atoms with van der Waals surface area (Å²) in [7, 11) is 0. The molecule has 0 amide bonds. The molecule has 0 aliphatic heterocycles. The summed E-state index contributed by atoms with van der Waals surface area (Å²) in [5.74, 6) is 0. The summed E-state index contributed by atoms with van der Waals surface area (Å²) in [5.41, 5.74) is -1.07. The molecule has 0 bridgehead atoms. The largest absolute Gasteiger partial charge is 0.397 e. The second kappa shape index (κ2) is 3.35. The summed E-state index contributed by atoms with van der Waals surface area (Å²) in [4.78, 5) is 0. The molecule has 13 heavy (non-hydrogen) atoms. The molecule has 0 fully saturated rings. The number of hydrogen-bond donors (Lipinski definition) is 0. The van der Waals surface area contributed by atoms with Crippen molar-refractivity contribution in [2.75, 3.05) is 0 Å². The molecule has 0 radical (unpaired) electrons. The Hall–Kier alpha value is -0.470. The zero-order valence-corrected chi connectivity index (χ0v) is 8.04. The fraction of sp³-hybridized carbons (Fsp3) is 0.800. The second-order valence-electron chi connectivity index (χ2n) is 4.10. The van der Waals surface area contributed by atoms with E-state index < -0.39 is 11.6 Å². The van der Waals surface area contributed by atoms with E-state index >= 15 is 0 Å². The molecule has 1 rings (SSSR count). The first-order chi connectivity index (χ1) is 5.86. The van der Waals surface area contributed by atoms with Gasteiger partial charge in [0, 0.05) is 0 Å². The zero-order chi connectivity index (χ0) is 10.1. The Morgan fingerprint density at radius 3 is 2.15 bits per heavy atom.